The predicted octanol–water partition coefficient (Wildman–Crippen LogP) is 0.0509. The maximum Gasteiger partial charge on any atom is 0.134 e. The Bertz CT molecular complexity index is 237. The van der Waals surface area contributed by atoms with Crippen LogP contribution in [0, 0.1) is 0 Å². The van der Waals surface area contributed by atoms with Crippen molar-refractivity contribution in [3.63, 3.8) is 0 Å². The van der Waals surface area contributed by atoms with Gasteiger partial charge in [0.15, 0.2) is 0 Å². The molecule has 2 fully saturated rings. The Kier molecular flexibility index (Phi) is 3.00. The lowest BCUT2D eigenvalue weighted by Gasteiger charge is -2.33. The lowest BCUT2D eigenvalue weighted by atomic mass is 9.99. The molecule has 2 rings (SSSR count). The normalized spacial score (nSPS) is 45.2. The summed E-state index contributed by atoms with van der Waals surface area (Å²) >= 11 is 0. The van der Waals surface area contributed by atoms with E-state index in [1.165, 1.54) is 0 Å². The molecular formula is C10H19NO4. The monoisotopic (exact) mass is 217 g/mol. The first-order chi connectivity index (χ1) is 7.18. The summed E-state index contributed by atoms with van der Waals surface area (Å²) in [5, 5.41) is 1.93. The molecule has 88 valence electrons. The average Bonchev–Trinajstić information content (AvgIpc) is 2.65. The molecule has 0 spiro atoms. The van der Waals surface area contributed by atoms with Crippen LogP contribution in [-0.4, -0.2) is 63.4 Å². The second-order valence-electron chi connectivity index (χ2n) is 4.23. The third-order valence-electron chi connectivity index (χ3n) is 3.36. The maximum atomic E-state index is 5.95. The van der Waals surface area contributed by atoms with E-state index in [-0.39, 0.29) is 23.9 Å². The van der Waals surface area contributed by atoms with E-state index in [4.69, 9.17) is 19.0 Å². The predicted molar refractivity (Wildman–Crippen MR) is 53.5 cm³/mol. The van der Waals surface area contributed by atoms with E-state index in [0.717, 1.165) is 0 Å². The number of morpholine rings is 1. The summed E-state index contributed by atoms with van der Waals surface area (Å²) in [6, 6.07) is 0.162. The summed E-state index contributed by atoms with van der Waals surface area (Å²) in [5.74, 6) is 0. The van der Waals surface area contributed by atoms with E-state index in [9.17, 15) is 0 Å². The largest absolute Gasteiger partial charge is 0.382 e. The van der Waals surface area contributed by atoms with Gasteiger partial charge in [0.05, 0.1) is 32.4 Å². The van der Waals surface area contributed by atoms with Crippen molar-refractivity contribution in [2.45, 2.75) is 30.8 Å². The van der Waals surface area contributed by atoms with Crippen LogP contribution in [0.4, 0.5) is 0 Å². The second-order valence-corrected chi connectivity index (χ2v) is 4.23. The van der Waals surface area contributed by atoms with Gasteiger partial charge in [-0.2, -0.15) is 5.06 Å². The van der Waals surface area contributed by atoms with Crippen LogP contribution in [0.5, 0.6) is 0 Å². The second kappa shape index (κ2) is 3.99. The number of hydroxylamine groups is 2. The number of ether oxygens (including phenoxy) is 3. The summed E-state index contributed by atoms with van der Waals surface area (Å²) in [7, 11) is 5.07. The molecule has 4 atom stereocenters. The number of nitrogens with zero attached hydrogens (tertiary/aromatic N) is 1. The highest BCUT2D eigenvalue weighted by Crippen LogP contribution is 2.43. The molecule has 0 aromatic carbocycles. The molecule has 0 aromatic rings. The highest BCUT2D eigenvalue weighted by atomic mass is 16.7. The summed E-state index contributed by atoms with van der Waals surface area (Å²) in [4.78, 5) is 5.34. The Labute approximate surface area is 90.2 Å². The number of hydrogen-bond acceptors (Lipinski definition) is 5. The molecule has 5 nitrogen and oxygen atoms in total. The standard InChI is InChI=1S/C10H19NO4/c1-7-8-9(13-3)10(15-7,6-12-2)5-11(8)14-4/h7-9H,5-6H2,1-4H3/t7-,8?,9+,10+/m0/s1. The fourth-order valence-electron chi connectivity index (χ4n) is 2.89. The van der Waals surface area contributed by atoms with Crippen molar-refractivity contribution in [3.8, 4) is 0 Å². The number of rotatable bonds is 4. The van der Waals surface area contributed by atoms with E-state index in [1.54, 1.807) is 21.3 Å². The van der Waals surface area contributed by atoms with Crippen molar-refractivity contribution in [1.29, 1.82) is 0 Å². The molecule has 0 N–H and O–H groups in total. The Balaban J connectivity index is 2.23. The van der Waals surface area contributed by atoms with Crippen molar-refractivity contribution >= 4 is 0 Å². The molecule has 2 saturated heterocycles. The first-order valence-corrected chi connectivity index (χ1v) is 5.19. The zero-order chi connectivity index (χ0) is 11.1. The van der Waals surface area contributed by atoms with Crippen LogP contribution in [0.1, 0.15) is 6.92 Å². The molecule has 1 unspecified atom stereocenters. The van der Waals surface area contributed by atoms with Gasteiger partial charge in [0.1, 0.15) is 11.7 Å². The van der Waals surface area contributed by atoms with Crippen LogP contribution in [0.25, 0.3) is 0 Å². The van der Waals surface area contributed by atoms with Gasteiger partial charge in [0, 0.05) is 14.2 Å². The molecule has 2 aliphatic heterocycles. The minimum Gasteiger partial charge on any atom is -0.382 e. The van der Waals surface area contributed by atoms with E-state index < -0.39 is 0 Å². The van der Waals surface area contributed by atoms with Crippen LogP contribution in [-0.2, 0) is 19.0 Å². The van der Waals surface area contributed by atoms with Gasteiger partial charge >= 0.3 is 0 Å². The molecule has 5 heteroatoms. The van der Waals surface area contributed by atoms with Gasteiger partial charge in [0.25, 0.3) is 0 Å². The van der Waals surface area contributed by atoms with Gasteiger partial charge in [-0.1, -0.05) is 0 Å². The lowest BCUT2D eigenvalue weighted by molar-refractivity contribution is -0.221. The van der Waals surface area contributed by atoms with Crippen molar-refractivity contribution in [3.05, 3.63) is 0 Å². The van der Waals surface area contributed by atoms with Crippen molar-refractivity contribution in [2.24, 2.45) is 0 Å². The molecule has 2 bridgehead atoms. The molecule has 0 amide bonds. The van der Waals surface area contributed by atoms with Crippen molar-refractivity contribution < 1.29 is 19.0 Å². The van der Waals surface area contributed by atoms with Crippen LogP contribution < -0.4 is 0 Å². The number of fused-ring (bicyclic) bond motifs is 2. The van der Waals surface area contributed by atoms with Gasteiger partial charge in [-0.05, 0) is 6.92 Å². The lowest BCUT2D eigenvalue weighted by Crippen LogP contribution is -2.48. The molecule has 15 heavy (non-hydrogen) atoms. The quantitative estimate of drug-likeness (QED) is 0.665. The molecule has 0 saturated carbocycles. The van der Waals surface area contributed by atoms with Crippen LogP contribution in [0.2, 0.25) is 0 Å². The highest BCUT2D eigenvalue weighted by Gasteiger charge is 2.63. The Morgan fingerprint density at radius 2 is 2.13 bits per heavy atom. The Morgan fingerprint density at radius 1 is 1.40 bits per heavy atom. The summed E-state index contributed by atoms with van der Waals surface area (Å²) in [6.45, 7) is 3.27. The summed E-state index contributed by atoms with van der Waals surface area (Å²) < 4.78 is 16.7. The van der Waals surface area contributed by atoms with E-state index in [0.29, 0.717) is 13.2 Å². The fourth-order valence-corrected chi connectivity index (χ4v) is 2.89. The number of hydrogen-bond donors (Lipinski definition) is 0. The minimum absolute atomic E-state index is 0.0207. The first-order valence-electron chi connectivity index (χ1n) is 5.19. The van der Waals surface area contributed by atoms with Gasteiger partial charge in [-0.25, -0.2) is 0 Å². The zero-order valence-electron chi connectivity index (χ0n) is 9.73. The van der Waals surface area contributed by atoms with E-state index in [1.807, 2.05) is 12.0 Å². The summed E-state index contributed by atoms with van der Waals surface area (Å²) in [6.07, 6.45) is 0.131. The van der Waals surface area contributed by atoms with Crippen LogP contribution in [0.15, 0.2) is 0 Å². The fraction of sp³-hybridized carbons (Fsp3) is 1.00. The summed E-state index contributed by atoms with van der Waals surface area (Å²) in [5.41, 5.74) is -0.371. The Morgan fingerprint density at radius 3 is 2.67 bits per heavy atom. The van der Waals surface area contributed by atoms with Gasteiger partial charge in [-0.15, -0.1) is 0 Å². The minimum atomic E-state index is -0.371. The van der Waals surface area contributed by atoms with Gasteiger partial charge in [-0.3, -0.25) is 0 Å². The van der Waals surface area contributed by atoms with Crippen molar-refractivity contribution in [1.82, 2.24) is 5.06 Å². The maximum absolute atomic E-state index is 5.95. The molecule has 2 aliphatic rings. The third-order valence-corrected chi connectivity index (χ3v) is 3.36. The first kappa shape index (κ1) is 11.3. The van der Waals surface area contributed by atoms with Crippen LogP contribution in [0.3, 0.4) is 0 Å². The molecule has 0 aliphatic carbocycles. The third kappa shape index (κ3) is 1.50. The number of methoxy groups -OCH3 is 2. The topological polar surface area (TPSA) is 40.2 Å². The van der Waals surface area contributed by atoms with Gasteiger partial charge in [0.2, 0.25) is 0 Å². The average molecular weight is 217 g/mol. The smallest absolute Gasteiger partial charge is 0.134 e. The highest BCUT2D eigenvalue weighted by molar-refractivity contribution is 5.12. The molecular weight excluding hydrogens is 198 g/mol. The molecule has 0 radical (unpaired) electrons. The SMILES string of the molecule is COC[C@@]12CN(OC)C([C@H](C)O1)[C@H]2OC. The van der Waals surface area contributed by atoms with Gasteiger partial charge < -0.3 is 19.0 Å². The van der Waals surface area contributed by atoms with Crippen LogP contribution >= 0.6 is 0 Å². The molecule has 0 aromatic heterocycles. The zero-order valence-corrected chi connectivity index (χ0v) is 9.73. The van der Waals surface area contributed by atoms with Crippen molar-refractivity contribution in [2.75, 3.05) is 34.5 Å². The Hall–Kier alpha value is -0.200. The van der Waals surface area contributed by atoms with E-state index in [2.05, 4.69) is 0 Å². The molecule has 2 heterocycles. The van der Waals surface area contributed by atoms with E-state index >= 15 is 0 Å².